The summed E-state index contributed by atoms with van der Waals surface area (Å²) >= 11 is -0.430. The molecule has 1 nitrogen and oxygen atoms in total. The molecule has 0 unspecified atom stereocenters. The SMILES string of the molecule is CCC[O][Zn][CH3]. The molecule has 0 amide bonds. The average Bonchev–Trinajstić information content (AvgIpc) is 1.61. The summed E-state index contributed by atoms with van der Waals surface area (Å²) in [5, 5.41) is 0. The first-order chi connectivity index (χ1) is 2.91. The van der Waals surface area contributed by atoms with Gasteiger partial charge in [0.15, 0.2) is 0 Å². The van der Waals surface area contributed by atoms with Gasteiger partial charge in [0.2, 0.25) is 0 Å². The second-order valence-corrected chi connectivity index (χ2v) is 3.26. The molecule has 0 saturated carbocycles. The molecule has 34 valence electrons. The Morgan fingerprint density at radius 1 is 1.67 bits per heavy atom. The van der Waals surface area contributed by atoms with Gasteiger partial charge in [0, 0.05) is 0 Å². The Balaban J connectivity index is 2.34. The Kier molecular flexibility index (Phi) is 6.13. The molecule has 0 aromatic rings. The van der Waals surface area contributed by atoms with E-state index in [-0.39, 0.29) is 0 Å². The van der Waals surface area contributed by atoms with Crippen LogP contribution in [0.15, 0.2) is 0 Å². The summed E-state index contributed by atoms with van der Waals surface area (Å²) in [5.41, 5.74) is 2.20. The first-order valence-electron chi connectivity index (χ1n) is 2.49. The molecule has 0 heterocycles. The van der Waals surface area contributed by atoms with Gasteiger partial charge in [-0.1, -0.05) is 0 Å². The predicted octanol–water partition coefficient (Wildman–Crippen LogP) is 1.46. The zero-order chi connectivity index (χ0) is 4.83. The van der Waals surface area contributed by atoms with Gasteiger partial charge in [0.25, 0.3) is 0 Å². The molecule has 0 fully saturated rings. The first-order valence-corrected chi connectivity index (χ1v) is 6.67. The van der Waals surface area contributed by atoms with Crippen molar-refractivity contribution in [3.8, 4) is 0 Å². The molecular weight excluding hydrogens is 129 g/mol. The van der Waals surface area contributed by atoms with Gasteiger partial charge in [-0.2, -0.15) is 0 Å². The Hall–Kier alpha value is 0.583. The van der Waals surface area contributed by atoms with Crippen molar-refractivity contribution in [1.29, 1.82) is 0 Å². The van der Waals surface area contributed by atoms with Crippen molar-refractivity contribution in [1.82, 2.24) is 0 Å². The van der Waals surface area contributed by atoms with E-state index in [1.807, 2.05) is 0 Å². The van der Waals surface area contributed by atoms with Gasteiger partial charge in [-0.3, -0.25) is 0 Å². The molecule has 0 atom stereocenters. The molecule has 0 aliphatic heterocycles. The Bertz CT molecular complexity index is 19.5. The van der Waals surface area contributed by atoms with Crippen LogP contribution in [0.2, 0.25) is 5.52 Å². The Morgan fingerprint density at radius 3 is 2.50 bits per heavy atom. The summed E-state index contributed by atoms with van der Waals surface area (Å²) in [6.07, 6.45) is 1.18. The van der Waals surface area contributed by atoms with Crippen molar-refractivity contribution >= 4 is 0 Å². The fourth-order valence-corrected chi connectivity index (χ4v) is 1.50. The van der Waals surface area contributed by atoms with Crippen molar-refractivity contribution in [3.05, 3.63) is 0 Å². The van der Waals surface area contributed by atoms with Crippen LogP contribution in [0.3, 0.4) is 0 Å². The number of rotatable bonds is 3. The van der Waals surface area contributed by atoms with Crippen molar-refractivity contribution in [2.24, 2.45) is 0 Å². The number of hydrogen-bond acceptors (Lipinski definition) is 1. The third-order valence-electron chi connectivity index (χ3n) is 0.553. The zero-order valence-electron chi connectivity index (χ0n) is 4.53. The quantitative estimate of drug-likeness (QED) is 0.425. The summed E-state index contributed by atoms with van der Waals surface area (Å²) in [6.45, 7) is 3.13. The molecule has 0 aromatic carbocycles. The maximum absolute atomic E-state index is 5.17. The van der Waals surface area contributed by atoms with E-state index < -0.39 is 17.5 Å². The van der Waals surface area contributed by atoms with Crippen LogP contribution in [0, 0.1) is 0 Å². The zero-order valence-corrected chi connectivity index (χ0v) is 7.50. The molecule has 6 heavy (non-hydrogen) atoms. The molecule has 0 saturated heterocycles. The van der Waals surface area contributed by atoms with Crippen LogP contribution in [0.5, 0.6) is 0 Å². The van der Waals surface area contributed by atoms with Crippen LogP contribution in [0.25, 0.3) is 0 Å². The van der Waals surface area contributed by atoms with Crippen molar-refractivity contribution in [2.75, 3.05) is 6.61 Å². The first kappa shape index (κ1) is 6.58. The van der Waals surface area contributed by atoms with E-state index in [9.17, 15) is 0 Å². The van der Waals surface area contributed by atoms with E-state index in [4.69, 9.17) is 3.56 Å². The minimum atomic E-state index is -0.430. The summed E-state index contributed by atoms with van der Waals surface area (Å²) in [4.78, 5) is 0. The molecule has 0 bridgehead atoms. The van der Waals surface area contributed by atoms with E-state index in [1.165, 1.54) is 6.42 Å². The van der Waals surface area contributed by atoms with Gasteiger partial charge >= 0.3 is 46.5 Å². The van der Waals surface area contributed by atoms with Crippen LogP contribution in [-0.4, -0.2) is 6.61 Å². The van der Waals surface area contributed by atoms with E-state index in [0.29, 0.717) is 0 Å². The van der Waals surface area contributed by atoms with E-state index in [2.05, 4.69) is 12.4 Å². The van der Waals surface area contributed by atoms with E-state index in [1.54, 1.807) is 0 Å². The van der Waals surface area contributed by atoms with Gasteiger partial charge in [0.05, 0.1) is 0 Å². The van der Waals surface area contributed by atoms with Crippen LogP contribution < -0.4 is 0 Å². The Morgan fingerprint density at radius 2 is 2.33 bits per heavy atom. The summed E-state index contributed by atoms with van der Waals surface area (Å²) in [6, 6.07) is 0. The summed E-state index contributed by atoms with van der Waals surface area (Å²) in [5.74, 6) is 0. The monoisotopic (exact) mass is 138 g/mol. The average molecular weight is 140 g/mol. The topological polar surface area (TPSA) is 9.23 Å². The van der Waals surface area contributed by atoms with Crippen LogP contribution >= 0.6 is 0 Å². The van der Waals surface area contributed by atoms with Gasteiger partial charge < -0.3 is 0 Å². The molecule has 0 N–H and O–H groups in total. The van der Waals surface area contributed by atoms with Gasteiger partial charge in [-0.15, -0.1) is 0 Å². The molecule has 0 aromatic heterocycles. The molecule has 0 radical (unpaired) electrons. The third kappa shape index (κ3) is 4.58. The standard InChI is InChI=1S/C3H7O.CH3.Zn/c1-2-3-4;;/h2-3H2,1H3;1H3;/q-1;;+1. The number of hydrogen-bond donors (Lipinski definition) is 0. The fourth-order valence-electron chi connectivity index (χ4n) is 0.289. The van der Waals surface area contributed by atoms with Crippen LogP contribution in [0.1, 0.15) is 13.3 Å². The predicted molar refractivity (Wildman–Crippen MR) is 22.1 cm³/mol. The molecule has 0 aliphatic rings. The molecule has 0 spiro atoms. The summed E-state index contributed by atoms with van der Waals surface area (Å²) in [7, 11) is 0. The third-order valence-corrected chi connectivity index (χ3v) is 2.01. The van der Waals surface area contributed by atoms with Gasteiger partial charge in [0.1, 0.15) is 0 Å². The van der Waals surface area contributed by atoms with Gasteiger partial charge in [-0.25, -0.2) is 0 Å². The van der Waals surface area contributed by atoms with Crippen molar-refractivity contribution < 1.29 is 21.1 Å². The van der Waals surface area contributed by atoms with Crippen molar-refractivity contribution in [3.63, 3.8) is 0 Å². The van der Waals surface area contributed by atoms with E-state index >= 15 is 0 Å². The van der Waals surface area contributed by atoms with E-state index in [0.717, 1.165) is 6.61 Å². The summed E-state index contributed by atoms with van der Waals surface area (Å²) < 4.78 is 5.17. The molecule has 2 heteroatoms. The van der Waals surface area contributed by atoms with Gasteiger partial charge in [-0.05, 0) is 0 Å². The van der Waals surface area contributed by atoms with Crippen molar-refractivity contribution in [2.45, 2.75) is 18.9 Å². The van der Waals surface area contributed by atoms with Crippen LogP contribution in [0.4, 0.5) is 0 Å². The maximum atomic E-state index is 5.17. The fraction of sp³-hybridized carbons (Fsp3) is 1.00. The minimum absolute atomic E-state index is 0.430. The normalized spacial score (nSPS) is 7.67. The second kappa shape index (κ2) is 5.58. The Labute approximate surface area is 47.1 Å². The molecule has 0 rings (SSSR count). The molecular formula is C4H10OZn. The second-order valence-electron chi connectivity index (χ2n) is 1.20. The van der Waals surface area contributed by atoms with Crippen LogP contribution in [-0.2, 0) is 21.1 Å². The molecule has 0 aliphatic carbocycles.